The fraction of sp³-hybridized carbons (Fsp3) is 0. The Kier molecular flexibility index (Phi) is 1.97. The van der Waals surface area contributed by atoms with E-state index in [2.05, 4.69) is 12.1 Å². The number of nitrogens with one attached hydrogen (secondary N) is 1. The summed E-state index contributed by atoms with van der Waals surface area (Å²) in [5, 5.41) is 13.1. The van der Waals surface area contributed by atoms with Crippen LogP contribution in [0.4, 0.5) is 0 Å². The smallest absolute Gasteiger partial charge is 0.0696 e. The average Bonchev–Trinajstić information content (AvgIpc) is 2.49. The predicted octanol–water partition coefficient (Wildman–Crippen LogP) is 3.47. The van der Waals surface area contributed by atoms with Crippen LogP contribution in [0.1, 0.15) is 0 Å². The van der Waals surface area contributed by atoms with E-state index in [-0.39, 0.29) is 0 Å². The Hall–Kier alpha value is -2.15. The molecule has 0 aliphatic carbocycles. The quantitative estimate of drug-likeness (QED) is 0.581. The van der Waals surface area contributed by atoms with Gasteiger partial charge in [0, 0.05) is 10.8 Å². The molecule has 0 radical (unpaired) electrons. The van der Waals surface area contributed by atoms with Crippen molar-refractivity contribution in [1.82, 2.24) is 0 Å². The molecule has 0 amide bonds. The lowest BCUT2D eigenvalue weighted by molar-refractivity contribution is 1.34. The van der Waals surface area contributed by atoms with Gasteiger partial charge in [0.2, 0.25) is 0 Å². The first-order valence-electron chi connectivity index (χ1n) is 5.32. The fourth-order valence-electron chi connectivity index (χ4n) is 2.06. The van der Waals surface area contributed by atoms with Crippen molar-refractivity contribution in [3.63, 3.8) is 0 Å². The third kappa shape index (κ3) is 1.29. The molecule has 16 heavy (non-hydrogen) atoms. The monoisotopic (exact) mass is 205 g/mol. The minimum atomic E-state index is 0.608. The zero-order valence-corrected chi connectivity index (χ0v) is 8.77. The summed E-state index contributed by atoms with van der Waals surface area (Å²) in [4.78, 5) is 0. The van der Waals surface area contributed by atoms with Crippen molar-refractivity contribution in [2.24, 2.45) is 0 Å². The van der Waals surface area contributed by atoms with Crippen LogP contribution in [0.25, 0.3) is 21.5 Å². The standard InChI is InChI=1S/C15H11N/c16-15-13-7-3-1-5-11(13)9-10-12-6-2-4-8-14(12)15/h1-10,16H. The molecule has 3 aromatic rings. The molecular formula is C15H11N. The highest BCUT2D eigenvalue weighted by molar-refractivity contribution is 5.92. The normalized spacial score (nSPS) is 10.8. The molecule has 3 rings (SSSR count). The number of rotatable bonds is 0. The van der Waals surface area contributed by atoms with Crippen LogP contribution in [0.3, 0.4) is 0 Å². The van der Waals surface area contributed by atoms with Crippen molar-refractivity contribution < 1.29 is 0 Å². The summed E-state index contributed by atoms with van der Waals surface area (Å²) in [7, 11) is 0. The molecule has 0 atom stereocenters. The summed E-state index contributed by atoms with van der Waals surface area (Å²) < 4.78 is 0. The Balaban J connectivity index is 2.69. The van der Waals surface area contributed by atoms with Gasteiger partial charge in [-0.15, -0.1) is 0 Å². The summed E-state index contributed by atoms with van der Waals surface area (Å²) in [6, 6.07) is 20.2. The number of benzene rings is 2. The lowest BCUT2D eigenvalue weighted by Gasteiger charge is -1.92. The van der Waals surface area contributed by atoms with Crippen molar-refractivity contribution in [1.29, 1.82) is 5.41 Å². The zero-order valence-electron chi connectivity index (χ0n) is 8.77. The molecule has 0 spiro atoms. The highest BCUT2D eigenvalue weighted by Gasteiger charge is 1.97. The molecule has 1 N–H and O–H groups in total. The third-order valence-corrected chi connectivity index (χ3v) is 2.90. The van der Waals surface area contributed by atoms with Gasteiger partial charge < -0.3 is 0 Å². The molecule has 0 fully saturated rings. The highest BCUT2D eigenvalue weighted by atomic mass is 14.3. The second kappa shape index (κ2) is 3.46. The van der Waals surface area contributed by atoms with Gasteiger partial charge in [-0.2, -0.15) is 0 Å². The van der Waals surface area contributed by atoms with Crippen LogP contribution < -0.4 is 5.36 Å². The molecule has 0 saturated carbocycles. The van der Waals surface area contributed by atoms with Crippen molar-refractivity contribution in [2.75, 3.05) is 0 Å². The van der Waals surface area contributed by atoms with Crippen molar-refractivity contribution in [2.45, 2.75) is 0 Å². The van der Waals surface area contributed by atoms with Gasteiger partial charge in [0.25, 0.3) is 0 Å². The van der Waals surface area contributed by atoms with E-state index in [1.165, 1.54) is 0 Å². The van der Waals surface area contributed by atoms with Crippen LogP contribution >= 0.6 is 0 Å². The van der Waals surface area contributed by atoms with E-state index in [4.69, 9.17) is 5.41 Å². The van der Waals surface area contributed by atoms with Crippen molar-refractivity contribution in [3.05, 3.63) is 66.0 Å². The minimum Gasteiger partial charge on any atom is -0.300 e. The molecule has 0 unspecified atom stereocenters. The van der Waals surface area contributed by atoms with E-state index in [0.29, 0.717) is 5.36 Å². The molecule has 0 heterocycles. The average molecular weight is 205 g/mol. The summed E-state index contributed by atoms with van der Waals surface area (Å²) in [6.45, 7) is 0. The summed E-state index contributed by atoms with van der Waals surface area (Å²) in [5.74, 6) is 0. The Morgan fingerprint density at radius 2 is 1.00 bits per heavy atom. The molecule has 0 aliphatic rings. The van der Waals surface area contributed by atoms with Gasteiger partial charge in [0.05, 0.1) is 5.36 Å². The largest absolute Gasteiger partial charge is 0.300 e. The number of hydrogen-bond donors (Lipinski definition) is 1. The van der Waals surface area contributed by atoms with Crippen LogP contribution in [-0.4, -0.2) is 0 Å². The highest BCUT2D eigenvalue weighted by Crippen LogP contribution is 2.14. The molecule has 0 saturated heterocycles. The maximum absolute atomic E-state index is 8.25. The molecule has 76 valence electrons. The van der Waals surface area contributed by atoms with Gasteiger partial charge in [0.1, 0.15) is 0 Å². The van der Waals surface area contributed by atoms with Gasteiger partial charge in [0.15, 0.2) is 0 Å². The SMILES string of the molecule is N=c1c2ccccc2ccc2ccccc12. The Bertz CT molecular complexity index is 668. The molecule has 1 nitrogen and oxygen atoms in total. The van der Waals surface area contributed by atoms with Gasteiger partial charge in [-0.25, -0.2) is 0 Å². The maximum Gasteiger partial charge on any atom is 0.0696 e. The van der Waals surface area contributed by atoms with Gasteiger partial charge in [-0.1, -0.05) is 60.7 Å². The van der Waals surface area contributed by atoms with E-state index in [1.807, 2.05) is 48.5 Å². The van der Waals surface area contributed by atoms with E-state index in [9.17, 15) is 0 Å². The van der Waals surface area contributed by atoms with Gasteiger partial charge in [-0.3, -0.25) is 5.41 Å². The fourth-order valence-corrected chi connectivity index (χ4v) is 2.06. The zero-order chi connectivity index (χ0) is 11.0. The molecule has 0 aliphatic heterocycles. The van der Waals surface area contributed by atoms with Gasteiger partial charge in [-0.05, 0) is 10.8 Å². The van der Waals surface area contributed by atoms with Crippen LogP contribution in [0.2, 0.25) is 0 Å². The van der Waals surface area contributed by atoms with E-state index < -0.39 is 0 Å². The number of fused-ring (bicyclic) bond motifs is 2. The second-order valence-electron chi connectivity index (χ2n) is 3.88. The second-order valence-corrected chi connectivity index (χ2v) is 3.88. The van der Waals surface area contributed by atoms with Gasteiger partial charge >= 0.3 is 0 Å². The first-order valence-corrected chi connectivity index (χ1v) is 5.32. The number of hydrogen-bond acceptors (Lipinski definition) is 1. The minimum absolute atomic E-state index is 0.608. The van der Waals surface area contributed by atoms with Crippen LogP contribution in [-0.2, 0) is 0 Å². The summed E-state index contributed by atoms with van der Waals surface area (Å²) in [6.07, 6.45) is 0. The van der Waals surface area contributed by atoms with Crippen molar-refractivity contribution in [3.8, 4) is 0 Å². The maximum atomic E-state index is 8.25. The Labute approximate surface area is 93.5 Å². The molecule has 1 heteroatoms. The van der Waals surface area contributed by atoms with Crippen LogP contribution in [0.5, 0.6) is 0 Å². The predicted molar refractivity (Wildman–Crippen MR) is 67.3 cm³/mol. The van der Waals surface area contributed by atoms with E-state index in [1.54, 1.807) is 0 Å². The lowest BCUT2D eigenvalue weighted by Crippen LogP contribution is -1.97. The Morgan fingerprint density at radius 3 is 1.50 bits per heavy atom. The molecular weight excluding hydrogens is 194 g/mol. The van der Waals surface area contributed by atoms with Crippen LogP contribution in [0, 0.1) is 5.41 Å². The molecule has 3 aromatic carbocycles. The molecule has 0 aromatic heterocycles. The van der Waals surface area contributed by atoms with E-state index in [0.717, 1.165) is 21.5 Å². The van der Waals surface area contributed by atoms with Crippen molar-refractivity contribution >= 4 is 21.5 Å². The third-order valence-electron chi connectivity index (χ3n) is 2.90. The van der Waals surface area contributed by atoms with E-state index >= 15 is 0 Å². The first-order chi connectivity index (χ1) is 7.86. The lowest BCUT2D eigenvalue weighted by atomic mass is 10.1. The Morgan fingerprint density at radius 1 is 0.562 bits per heavy atom. The first kappa shape index (κ1) is 9.10. The molecule has 0 bridgehead atoms. The summed E-state index contributed by atoms with van der Waals surface area (Å²) >= 11 is 0. The van der Waals surface area contributed by atoms with Crippen LogP contribution in [0.15, 0.2) is 60.7 Å². The topological polar surface area (TPSA) is 23.9 Å². The summed E-state index contributed by atoms with van der Waals surface area (Å²) in [5.41, 5.74) is 0.